The standard InChI is InChI=1S/C19H20N2O2S.BrH/c1-23-17-10-8-15(9-11-17)18(22)14-21(16-6-3-2-4-7-16)19-20-12-5-13-24-19;/h2-4,6-11H,5,12-14H2,1H3;1H. The molecule has 2 aromatic carbocycles. The van der Waals surface area contributed by atoms with E-state index in [0.29, 0.717) is 5.56 Å². The van der Waals surface area contributed by atoms with Gasteiger partial charge in [0.05, 0.1) is 13.7 Å². The Morgan fingerprint density at radius 1 is 1.16 bits per heavy atom. The van der Waals surface area contributed by atoms with Gasteiger partial charge < -0.3 is 9.64 Å². The molecule has 0 amide bonds. The molecule has 4 nitrogen and oxygen atoms in total. The van der Waals surface area contributed by atoms with Gasteiger partial charge in [0.1, 0.15) is 5.75 Å². The lowest BCUT2D eigenvalue weighted by molar-refractivity contribution is 0.100. The first-order chi connectivity index (χ1) is 11.8. The van der Waals surface area contributed by atoms with Crippen LogP contribution in [0.25, 0.3) is 0 Å². The van der Waals surface area contributed by atoms with Crippen LogP contribution in [0.2, 0.25) is 0 Å². The Balaban J connectivity index is 0.00000225. The van der Waals surface area contributed by atoms with Crippen molar-refractivity contribution in [3.63, 3.8) is 0 Å². The van der Waals surface area contributed by atoms with Crippen molar-refractivity contribution >= 4 is 45.4 Å². The summed E-state index contributed by atoms with van der Waals surface area (Å²) in [7, 11) is 1.62. The van der Waals surface area contributed by atoms with E-state index in [9.17, 15) is 4.79 Å². The van der Waals surface area contributed by atoms with Gasteiger partial charge >= 0.3 is 0 Å². The van der Waals surface area contributed by atoms with Gasteiger partial charge in [0.15, 0.2) is 11.0 Å². The van der Waals surface area contributed by atoms with Gasteiger partial charge in [-0.1, -0.05) is 30.0 Å². The van der Waals surface area contributed by atoms with Gasteiger partial charge in [0.25, 0.3) is 0 Å². The highest BCUT2D eigenvalue weighted by Crippen LogP contribution is 2.23. The molecule has 1 heterocycles. The third kappa shape index (κ3) is 5.09. The first kappa shape index (κ1) is 19.5. The van der Waals surface area contributed by atoms with Crippen LogP contribution in [-0.2, 0) is 0 Å². The zero-order valence-electron chi connectivity index (χ0n) is 14.1. The molecule has 3 rings (SSSR count). The van der Waals surface area contributed by atoms with Gasteiger partial charge in [-0.15, -0.1) is 17.0 Å². The lowest BCUT2D eigenvalue weighted by Gasteiger charge is -2.27. The van der Waals surface area contributed by atoms with Crippen LogP contribution in [0.15, 0.2) is 59.6 Å². The third-order valence-corrected chi connectivity index (χ3v) is 4.89. The van der Waals surface area contributed by atoms with Crippen molar-refractivity contribution in [3.8, 4) is 5.75 Å². The molecule has 0 atom stereocenters. The Labute approximate surface area is 163 Å². The van der Waals surface area contributed by atoms with Crippen molar-refractivity contribution in [3.05, 3.63) is 60.2 Å². The number of hydrogen-bond acceptors (Lipinski definition) is 5. The normalized spacial score (nSPS) is 13.4. The highest BCUT2D eigenvalue weighted by Gasteiger charge is 2.20. The Hall–Kier alpha value is -1.79. The van der Waals surface area contributed by atoms with Gasteiger partial charge in [-0.3, -0.25) is 9.79 Å². The maximum Gasteiger partial charge on any atom is 0.182 e. The average Bonchev–Trinajstić information content (AvgIpc) is 2.67. The van der Waals surface area contributed by atoms with Crippen molar-refractivity contribution in [1.29, 1.82) is 0 Å². The number of thioether (sulfide) groups is 1. The largest absolute Gasteiger partial charge is 0.497 e. The molecular formula is C19H21BrN2O2S. The van der Waals surface area contributed by atoms with Crippen LogP contribution in [0.1, 0.15) is 16.8 Å². The number of para-hydroxylation sites is 1. The summed E-state index contributed by atoms with van der Waals surface area (Å²) < 4.78 is 5.15. The number of aliphatic imine (C=N–C) groups is 1. The molecule has 0 spiro atoms. The summed E-state index contributed by atoms with van der Waals surface area (Å²) in [6, 6.07) is 17.2. The van der Waals surface area contributed by atoms with Gasteiger partial charge in [0.2, 0.25) is 0 Å². The molecule has 25 heavy (non-hydrogen) atoms. The van der Waals surface area contributed by atoms with Crippen LogP contribution in [0.5, 0.6) is 5.75 Å². The minimum atomic E-state index is 0. The smallest absolute Gasteiger partial charge is 0.182 e. The minimum absolute atomic E-state index is 0. The molecule has 0 saturated heterocycles. The number of nitrogens with zero attached hydrogens (tertiary/aromatic N) is 2. The number of carbonyl (C=O) groups excluding carboxylic acids is 1. The molecule has 0 bridgehead atoms. The number of methoxy groups -OCH3 is 1. The molecule has 1 aliphatic heterocycles. The Kier molecular flexibility index (Phi) is 7.52. The summed E-state index contributed by atoms with van der Waals surface area (Å²) in [5.74, 6) is 1.85. The lowest BCUT2D eigenvalue weighted by Crippen LogP contribution is -2.35. The lowest BCUT2D eigenvalue weighted by atomic mass is 10.1. The number of ether oxygens (including phenoxy) is 1. The minimum Gasteiger partial charge on any atom is -0.497 e. The van der Waals surface area contributed by atoms with Crippen LogP contribution in [-0.4, -0.2) is 36.9 Å². The zero-order valence-corrected chi connectivity index (χ0v) is 16.6. The number of benzene rings is 2. The van der Waals surface area contributed by atoms with E-state index in [1.54, 1.807) is 31.0 Å². The van der Waals surface area contributed by atoms with Crippen molar-refractivity contribution in [2.45, 2.75) is 6.42 Å². The second-order valence-electron chi connectivity index (χ2n) is 5.44. The predicted octanol–water partition coefficient (Wildman–Crippen LogP) is 4.46. The van der Waals surface area contributed by atoms with Crippen molar-refractivity contribution in [1.82, 2.24) is 0 Å². The SMILES string of the molecule is Br.COc1ccc(C(=O)CN(C2=NCCCS2)c2ccccc2)cc1. The number of carbonyl (C=O) groups is 1. The van der Waals surface area contributed by atoms with Crippen LogP contribution in [0, 0.1) is 0 Å². The molecule has 132 valence electrons. The topological polar surface area (TPSA) is 41.9 Å². The van der Waals surface area contributed by atoms with E-state index in [-0.39, 0.29) is 29.3 Å². The fourth-order valence-corrected chi connectivity index (χ4v) is 3.47. The summed E-state index contributed by atoms with van der Waals surface area (Å²) >= 11 is 1.71. The van der Waals surface area contributed by atoms with Crippen LogP contribution in [0.4, 0.5) is 5.69 Å². The zero-order chi connectivity index (χ0) is 16.8. The molecule has 0 unspecified atom stereocenters. The van der Waals surface area contributed by atoms with Crippen LogP contribution in [0.3, 0.4) is 0 Å². The number of rotatable bonds is 5. The second kappa shape index (κ2) is 9.63. The molecule has 0 radical (unpaired) electrons. The van der Waals surface area contributed by atoms with Gasteiger partial charge in [-0.05, 0) is 42.8 Å². The molecule has 2 aromatic rings. The van der Waals surface area contributed by atoms with E-state index in [1.165, 1.54) is 0 Å². The van der Waals surface area contributed by atoms with E-state index in [0.717, 1.165) is 35.3 Å². The van der Waals surface area contributed by atoms with Crippen LogP contribution < -0.4 is 9.64 Å². The quantitative estimate of drug-likeness (QED) is 0.669. The Morgan fingerprint density at radius 3 is 2.48 bits per heavy atom. The van der Waals surface area contributed by atoms with E-state index >= 15 is 0 Å². The highest BCUT2D eigenvalue weighted by molar-refractivity contribution is 8.93. The number of ketones is 1. The molecule has 6 heteroatoms. The predicted molar refractivity (Wildman–Crippen MR) is 111 cm³/mol. The number of hydrogen-bond donors (Lipinski definition) is 0. The molecule has 0 aromatic heterocycles. The first-order valence-corrected chi connectivity index (χ1v) is 8.93. The Morgan fingerprint density at radius 2 is 1.88 bits per heavy atom. The summed E-state index contributed by atoms with van der Waals surface area (Å²) in [5, 5.41) is 0.925. The first-order valence-electron chi connectivity index (χ1n) is 7.95. The molecule has 0 aliphatic carbocycles. The van der Waals surface area contributed by atoms with Crippen molar-refractivity contribution < 1.29 is 9.53 Å². The van der Waals surface area contributed by atoms with Gasteiger partial charge in [0, 0.05) is 23.5 Å². The molecule has 0 N–H and O–H groups in total. The van der Waals surface area contributed by atoms with Crippen LogP contribution >= 0.6 is 28.7 Å². The highest BCUT2D eigenvalue weighted by atomic mass is 79.9. The number of amidine groups is 1. The fourth-order valence-electron chi connectivity index (χ4n) is 2.50. The van der Waals surface area contributed by atoms with E-state index < -0.39 is 0 Å². The van der Waals surface area contributed by atoms with E-state index in [2.05, 4.69) is 4.99 Å². The molecule has 0 fully saturated rings. The van der Waals surface area contributed by atoms with Crippen molar-refractivity contribution in [2.75, 3.05) is 30.9 Å². The van der Waals surface area contributed by atoms with Gasteiger partial charge in [-0.25, -0.2) is 0 Å². The average molecular weight is 421 g/mol. The Bertz CT molecular complexity index is 720. The molecule has 1 aliphatic rings. The molecular weight excluding hydrogens is 400 g/mol. The maximum absolute atomic E-state index is 12.7. The van der Waals surface area contributed by atoms with E-state index in [4.69, 9.17) is 4.74 Å². The number of anilines is 1. The summed E-state index contributed by atoms with van der Waals surface area (Å²) in [6.07, 6.45) is 1.09. The summed E-state index contributed by atoms with van der Waals surface area (Å²) in [6.45, 7) is 1.10. The van der Waals surface area contributed by atoms with Crippen molar-refractivity contribution in [2.24, 2.45) is 4.99 Å². The molecule has 0 saturated carbocycles. The summed E-state index contributed by atoms with van der Waals surface area (Å²) in [4.78, 5) is 19.3. The summed E-state index contributed by atoms with van der Waals surface area (Å²) in [5.41, 5.74) is 1.67. The number of Topliss-reactive ketones (excluding diaryl/α,β-unsaturated/α-hetero) is 1. The fraction of sp³-hybridized carbons (Fsp3) is 0.263. The maximum atomic E-state index is 12.7. The second-order valence-corrected chi connectivity index (χ2v) is 6.50. The van der Waals surface area contributed by atoms with Gasteiger partial charge in [-0.2, -0.15) is 0 Å². The number of halogens is 1. The van der Waals surface area contributed by atoms with E-state index in [1.807, 2.05) is 47.4 Å². The third-order valence-electron chi connectivity index (χ3n) is 3.79. The monoisotopic (exact) mass is 420 g/mol.